The lowest BCUT2D eigenvalue weighted by Crippen LogP contribution is -3.00. The van der Waals surface area contributed by atoms with Gasteiger partial charge >= 0.3 is 0 Å². The summed E-state index contributed by atoms with van der Waals surface area (Å²) in [7, 11) is 4.46. The summed E-state index contributed by atoms with van der Waals surface area (Å²) in [4.78, 5) is 0. The van der Waals surface area contributed by atoms with Crippen LogP contribution in [0.1, 0.15) is 26.2 Å². The molecular formula is C9H22BrNO. The zero-order valence-corrected chi connectivity index (χ0v) is 10.1. The standard InChI is InChI=1S/C9H22NO.BrH/c1-4-5-7-10(2,3)8-6-9-11;/h11H,4-9H2,1-3H3;1H/q+1;/p-1. The van der Waals surface area contributed by atoms with Crippen molar-refractivity contribution in [2.24, 2.45) is 0 Å². The smallest absolute Gasteiger partial charge is 0.0804 e. The van der Waals surface area contributed by atoms with Gasteiger partial charge in [0.05, 0.1) is 27.2 Å². The van der Waals surface area contributed by atoms with Gasteiger partial charge in [0.15, 0.2) is 0 Å². The molecule has 0 rings (SSSR count). The number of halogens is 1. The highest BCUT2D eigenvalue weighted by Gasteiger charge is 2.12. The number of quaternary nitrogens is 1. The van der Waals surface area contributed by atoms with Gasteiger partial charge < -0.3 is 26.6 Å². The second-order valence-electron chi connectivity index (χ2n) is 3.81. The molecule has 2 nitrogen and oxygen atoms in total. The van der Waals surface area contributed by atoms with Gasteiger partial charge in [-0.1, -0.05) is 13.3 Å². The van der Waals surface area contributed by atoms with E-state index in [1.165, 1.54) is 19.4 Å². The van der Waals surface area contributed by atoms with Gasteiger partial charge in [-0.2, -0.15) is 0 Å². The Morgan fingerprint density at radius 1 is 1.08 bits per heavy atom. The van der Waals surface area contributed by atoms with Gasteiger partial charge in [0, 0.05) is 13.0 Å². The van der Waals surface area contributed by atoms with Crippen molar-refractivity contribution in [2.45, 2.75) is 26.2 Å². The highest BCUT2D eigenvalue weighted by molar-refractivity contribution is 4.37. The second kappa shape index (κ2) is 8.02. The van der Waals surface area contributed by atoms with Crippen LogP contribution in [-0.2, 0) is 0 Å². The van der Waals surface area contributed by atoms with Gasteiger partial charge in [0.25, 0.3) is 0 Å². The van der Waals surface area contributed by atoms with Crippen LogP contribution in [0.25, 0.3) is 0 Å². The Hall–Kier alpha value is 0.400. The molecule has 0 aliphatic heterocycles. The van der Waals surface area contributed by atoms with Gasteiger partial charge in [-0.3, -0.25) is 0 Å². The van der Waals surface area contributed by atoms with Crippen molar-refractivity contribution in [3.05, 3.63) is 0 Å². The van der Waals surface area contributed by atoms with Crippen molar-refractivity contribution in [3.63, 3.8) is 0 Å². The summed E-state index contributed by atoms with van der Waals surface area (Å²) < 4.78 is 1.05. The lowest BCUT2D eigenvalue weighted by atomic mass is 10.3. The third-order valence-electron chi connectivity index (χ3n) is 2.04. The summed E-state index contributed by atoms with van der Waals surface area (Å²) in [6, 6.07) is 0. The Labute approximate surface area is 86.9 Å². The number of hydrogen-bond donors (Lipinski definition) is 1. The second-order valence-corrected chi connectivity index (χ2v) is 3.81. The zero-order valence-electron chi connectivity index (χ0n) is 8.52. The Morgan fingerprint density at radius 2 is 1.58 bits per heavy atom. The van der Waals surface area contributed by atoms with E-state index in [1.807, 2.05) is 0 Å². The average Bonchev–Trinajstić information content (AvgIpc) is 1.97. The molecule has 0 aliphatic rings. The average molecular weight is 240 g/mol. The van der Waals surface area contributed by atoms with Crippen LogP contribution in [0.5, 0.6) is 0 Å². The fourth-order valence-electron chi connectivity index (χ4n) is 1.20. The van der Waals surface area contributed by atoms with Crippen molar-refractivity contribution in [1.82, 2.24) is 0 Å². The van der Waals surface area contributed by atoms with E-state index in [0.29, 0.717) is 6.61 Å². The summed E-state index contributed by atoms with van der Waals surface area (Å²) in [5, 5.41) is 8.65. The fraction of sp³-hybridized carbons (Fsp3) is 1.00. The van der Waals surface area contributed by atoms with Crippen LogP contribution in [-0.4, -0.2) is 43.4 Å². The van der Waals surface area contributed by atoms with Crippen molar-refractivity contribution in [1.29, 1.82) is 0 Å². The Balaban J connectivity index is 0. The molecule has 0 aromatic heterocycles. The molecule has 0 aromatic carbocycles. The minimum Gasteiger partial charge on any atom is -1.00 e. The number of rotatable bonds is 6. The van der Waals surface area contributed by atoms with E-state index in [-0.39, 0.29) is 17.0 Å². The van der Waals surface area contributed by atoms with Crippen molar-refractivity contribution >= 4 is 0 Å². The van der Waals surface area contributed by atoms with Crippen LogP contribution in [0.3, 0.4) is 0 Å². The maximum absolute atomic E-state index is 8.65. The molecule has 0 saturated heterocycles. The molecule has 0 spiro atoms. The maximum Gasteiger partial charge on any atom is 0.0804 e. The lowest BCUT2D eigenvalue weighted by molar-refractivity contribution is -0.890. The molecule has 0 atom stereocenters. The Kier molecular flexibility index (Phi) is 9.96. The Bertz CT molecular complexity index is 86.5. The van der Waals surface area contributed by atoms with Crippen molar-refractivity contribution < 1.29 is 26.6 Å². The predicted octanol–water partition coefficient (Wildman–Crippen LogP) is -1.75. The third kappa shape index (κ3) is 8.50. The predicted molar refractivity (Wildman–Crippen MR) is 48.5 cm³/mol. The lowest BCUT2D eigenvalue weighted by Gasteiger charge is -2.29. The van der Waals surface area contributed by atoms with Crippen LogP contribution in [0.2, 0.25) is 0 Å². The van der Waals surface area contributed by atoms with E-state index in [1.54, 1.807) is 0 Å². The first-order chi connectivity index (χ1) is 5.12. The quantitative estimate of drug-likeness (QED) is 0.546. The highest BCUT2D eigenvalue weighted by Crippen LogP contribution is 2.02. The minimum absolute atomic E-state index is 0. The first-order valence-electron chi connectivity index (χ1n) is 4.55. The Morgan fingerprint density at radius 3 is 2.00 bits per heavy atom. The molecule has 76 valence electrons. The van der Waals surface area contributed by atoms with E-state index < -0.39 is 0 Å². The number of nitrogens with zero attached hydrogens (tertiary/aromatic N) is 1. The highest BCUT2D eigenvalue weighted by atomic mass is 79.9. The SMILES string of the molecule is CCCC[N+](C)(C)CCCO.[Br-]. The van der Waals surface area contributed by atoms with Gasteiger partial charge in [0.1, 0.15) is 0 Å². The molecule has 0 bridgehead atoms. The summed E-state index contributed by atoms with van der Waals surface area (Å²) in [6.07, 6.45) is 3.48. The normalized spacial score (nSPS) is 11.0. The molecule has 0 saturated carbocycles. The number of hydrogen-bond acceptors (Lipinski definition) is 1. The monoisotopic (exact) mass is 239 g/mol. The van der Waals surface area contributed by atoms with E-state index in [4.69, 9.17) is 5.11 Å². The molecule has 0 heterocycles. The number of unbranched alkanes of at least 4 members (excludes halogenated alkanes) is 1. The topological polar surface area (TPSA) is 20.2 Å². The first kappa shape index (κ1) is 14.9. The zero-order chi connectivity index (χ0) is 8.74. The molecular weight excluding hydrogens is 218 g/mol. The molecule has 0 radical (unpaired) electrons. The van der Waals surface area contributed by atoms with Gasteiger partial charge in [-0.05, 0) is 6.42 Å². The summed E-state index contributed by atoms with van der Waals surface area (Å²) in [5.41, 5.74) is 0. The first-order valence-corrected chi connectivity index (χ1v) is 4.55. The molecule has 0 aliphatic carbocycles. The summed E-state index contributed by atoms with van der Waals surface area (Å²) in [5.74, 6) is 0. The number of aliphatic hydroxyl groups is 1. The molecule has 0 aromatic rings. The van der Waals surface area contributed by atoms with Gasteiger partial charge in [0.2, 0.25) is 0 Å². The third-order valence-corrected chi connectivity index (χ3v) is 2.04. The van der Waals surface area contributed by atoms with Crippen molar-refractivity contribution in [2.75, 3.05) is 33.8 Å². The van der Waals surface area contributed by atoms with Gasteiger partial charge in [-0.15, -0.1) is 0 Å². The molecule has 0 fully saturated rings. The van der Waals surface area contributed by atoms with Crippen LogP contribution in [0, 0.1) is 0 Å². The van der Waals surface area contributed by atoms with E-state index in [9.17, 15) is 0 Å². The summed E-state index contributed by atoms with van der Waals surface area (Å²) >= 11 is 0. The largest absolute Gasteiger partial charge is 1.00 e. The minimum atomic E-state index is 0. The van der Waals surface area contributed by atoms with E-state index in [0.717, 1.165) is 17.4 Å². The van der Waals surface area contributed by atoms with E-state index in [2.05, 4.69) is 21.0 Å². The van der Waals surface area contributed by atoms with Crippen LogP contribution < -0.4 is 17.0 Å². The number of aliphatic hydroxyl groups excluding tert-OH is 1. The molecule has 12 heavy (non-hydrogen) atoms. The van der Waals surface area contributed by atoms with Crippen molar-refractivity contribution in [3.8, 4) is 0 Å². The van der Waals surface area contributed by atoms with Gasteiger partial charge in [-0.25, -0.2) is 0 Å². The van der Waals surface area contributed by atoms with E-state index >= 15 is 0 Å². The summed E-state index contributed by atoms with van der Waals surface area (Å²) in [6.45, 7) is 4.87. The molecule has 0 amide bonds. The molecule has 0 unspecified atom stereocenters. The van der Waals surface area contributed by atoms with Crippen LogP contribution in [0.15, 0.2) is 0 Å². The fourth-order valence-corrected chi connectivity index (χ4v) is 1.20. The molecule has 1 N–H and O–H groups in total. The molecule has 3 heteroatoms. The van der Waals surface area contributed by atoms with Crippen LogP contribution in [0.4, 0.5) is 0 Å². The maximum atomic E-state index is 8.65. The van der Waals surface area contributed by atoms with Crippen LogP contribution >= 0.6 is 0 Å².